The number of esters is 1. The number of hydrazine groups is 1. The van der Waals surface area contributed by atoms with E-state index in [1.807, 2.05) is 0 Å². The van der Waals surface area contributed by atoms with Crippen LogP contribution in [0.2, 0.25) is 0 Å². The van der Waals surface area contributed by atoms with Crippen molar-refractivity contribution in [3.63, 3.8) is 0 Å². The Balaban J connectivity index is 2.35. The second-order valence-corrected chi connectivity index (χ2v) is 3.97. The number of hydrogen-bond acceptors (Lipinski definition) is 5. The average molecular weight is 250 g/mol. The molecule has 0 spiro atoms. The highest BCUT2D eigenvalue weighted by Gasteiger charge is 2.41. The van der Waals surface area contributed by atoms with Gasteiger partial charge in [-0.3, -0.25) is 15.0 Å². The zero-order valence-corrected chi connectivity index (χ0v) is 9.88. The number of hydrogen-bond donors (Lipinski definition) is 2. The van der Waals surface area contributed by atoms with Crippen molar-refractivity contribution in [2.45, 2.75) is 12.5 Å². The lowest BCUT2D eigenvalue weighted by atomic mass is 9.94. The monoisotopic (exact) mass is 250 g/mol. The Bertz CT molecular complexity index is 475. The highest BCUT2D eigenvalue weighted by atomic mass is 16.6. The number of nitrogens with one attached hydrogen (secondary N) is 1. The van der Waals surface area contributed by atoms with Crippen molar-refractivity contribution < 1.29 is 19.1 Å². The fraction of sp³-hybridized carbons (Fsp3) is 0.333. The third-order valence-electron chi connectivity index (χ3n) is 2.93. The van der Waals surface area contributed by atoms with Gasteiger partial charge in [-0.25, -0.2) is 5.84 Å². The molecule has 0 aliphatic carbocycles. The first-order valence-corrected chi connectivity index (χ1v) is 5.50. The van der Waals surface area contributed by atoms with Crippen LogP contribution in [0.3, 0.4) is 0 Å². The number of benzene rings is 1. The number of para-hydroxylation sites is 1. The predicted molar refractivity (Wildman–Crippen MR) is 62.3 cm³/mol. The van der Waals surface area contributed by atoms with Crippen molar-refractivity contribution >= 4 is 11.9 Å². The van der Waals surface area contributed by atoms with Gasteiger partial charge in [0.2, 0.25) is 5.91 Å². The molecule has 0 bridgehead atoms. The van der Waals surface area contributed by atoms with Crippen LogP contribution in [0.15, 0.2) is 24.3 Å². The van der Waals surface area contributed by atoms with Crippen molar-refractivity contribution in [2.75, 3.05) is 7.11 Å². The topological polar surface area (TPSA) is 90.6 Å². The molecule has 0 saturated carbocycles. The van der Waals surface area contributed by atoms with Gasteiger partial charge in [-0.15, -0.1) is 0 Å². The lowest BCUT2D eigenvalue weighted by Crippen LogP contribution is -2.37. The smallest absolute Gasteiger partial charge is 0.307 e. The van der Waals surface area contributed by atoms with Crippen LogP contribution in [0.25, 0.3) is 0 Å². The number of rotatable bonds is 3. The zero-order chi connectivity index (χ0) is 13.1. The summed E-state index contributed by atoms with van der Waals surface area (Å²) in [4.78, 5) is 23.0. The second kappa shape index (κ2) is 5.05. The van der Waals surface area contributed by atoms with E-state index >= 15 is 0 Å². The number of cyclic esters (lactones) is 1. The summed E-state index contributed by atoms with van der Waals surface area (Å²) in [5, 5.41) is 0. The Hall–Kier alpha value is -2.08. The summed E-state index contributed by atoms with van der Waals surface area (Å²) in [6.45, 7) is 0. The lowest BCUT2D eigenvalue weighted by molar-refractivity contribution is -0.141. The molecule has 18 heavy (non-hydrogen) atoms. The lowest BCUT2D eigenvalue weighted by Gasteiger charge is -2.18. The predicted octanol–water partition coefficient (Wildman–Crippen LogP) is 0.289. The molecule has 3 N–H and O–H groups in total. The van der Waals surface area contributed by atoms with Gasteiger partial charge in [0.25, 0.3) is 0 Å². The molecular formula is C12H14N2O4. The molecule has 0 radical (unpaired) electrons. The molecule has 0 unspecified atom stereocenters. The maximum atomic E-state index is 11.6. The van der Waals surface area contributed by atoms with Gasteiger partial charge >= 0.3 is 5.97 Å². The summed E-state index contributed by atoms with van der Waals surface area (Å²) in [5.74, 6) is 4.22. The van der Waals surface area contributed by atoms with Gasteiger partial charge in [0.1, 0.15) is 11.9 Å². The number of amides is 1. The average Bonchev–Trinajstić information content (AvgIpc) is 2.79. The Morgan fingerprint density at radius 3 is 2.89 bits per heavy atom. The number of ether oxygens (including phenoxy) is 2. The minimum atomic E-state index is -0.655. The normalized spacial score (nSPS) is 22.4. The van der Waals surface area contributed by atoms with Crippen LogP contribution in [-0.2, 0) is 14.3 Å². The maximum absolute atomic E-state index is 11.6. The summed E-state index contributed by atoms with van der Waals surface area (Å²) >= 11 is 0. The standard InChI is InChI=1S/C12H14N2O4/c1-17-9-5-3-2-4-7(9)11-8(12(16)14-13)6-10(15)18-11/h2-5,8,11H,6,13H2,1H3,(H,14,16)/t8-,11+/m0/s1. The molecular weight excluding hydrogens is 236 g/mol. The third-order valence-corrected chi connectivity index (χ3v) is 2.93. The summed E-state index contributed by atoms with van der Waals surface area (Å²) < 4.78 is 10.4. The molecule has 6 nitrogen and oxygen atoms in total. The molecule has 1 amide bonds. The van der Waals surface area contributed by atoms with E-state index in [1.165, 1.54) is 7.11 Å². The van der Waals surface area contributed by atoms with Gasteiger partial charge in [-0.2, -0.15) is 0 Å². The number of carbonyl (C=O) groups excluding carboxylic acids is 2. The fourth-order valence-electron chi connectivity index (χ4n) is 2.08. The Kier molecular flexibility index (Phi) is 3.47. The molecule has 1 heterocycles. The molecule has 1 aliphatic heterocycles. The molecule has 1 saturated heterocycles. The van der Waals surface area contributed by atoms with E-state index in [0.717, 1.165) is 0 Å². The summed E-state index contributed by atoms with van der Waals surface area (Å²) in [7, 11) is 1.52. The van der Waals surface area contributed by atoms with Crippen molar-refractivity contribution in [1.29, 1.82) is 0 Å². The van der Waals surface area contributed by atoms with Gasteiger partial charge in [-0.05, 0) is 6.07 Å². The van der Waals surface area contributed by atoms with Crippen LogP contribution in [0, 0.1) is 5.92 Å². The Labute approximate surface area is 104 Å². The molecule has 1 aromatic rings. The van der Waals surface area contributed by atoms with Gasteiger partial charge in [0.15, 0.2) is 0 Å². The van der Waals surface area contributed by atoms with E-state index in [2.05, 4.69) is 5.43 Å². The molecule has 1 fully saturated rings. The minimum absolute atomic E-state index is 0.0196. The van der Waals surface area contributed by atoms with Gasteiger partial charge < -0.3 is 9.47 Å². The molecule has 6 heteroatoms. The largest absolute Gasteiger partial charge is 0.496 e. The van der Waals surface area contributed by atoms with Crippen molar-refractivity contribution in [2.24, 2.45) is 11.8 Å². The van der Waals surface area contributed by atoms with Crippen molar-refractivity contribution in [3.8, 4) is 5.75 Å². The van der Waals surface area contributed by atoms with E-state index in [9.17, 15) is 9.59 Å². The molecule has 96 valence electrons. The van der Waals surface area contributed by atoms with E-state index < -0.39 is 23.9 Å². The van der Waals surface area contributed by atoms with Gasteiger partial charge in [-0.1, -0.05) is 18.2 Å². The first-order chi connectivity index (χ1) is 8.67. The quantitative estimate of drug-likeness (QED) is 0.348. The Morgan fingerprint density at radius 1 is 1.50 bits per heavy atom. The highest BCUT2D eigenvalue weighted by molar-refractivity contribution is 5.86. The van der Waals surface area contributed by atoms with Crippen molar-refractivity contribution in [1.82, 2.24) is 5.43 Å². The van der Waals surface area contributed by atoms with Crippen LogP contribution < -0.4 is 16.0 Å². The number of nitrogens with two attached hydrogens (primary N) is 1. The van der Waals surface area contributed by atoms with Crippen molar-refractivity contribution in [3.05, 3.63) is 29.8 Å². The van der Waals surface area contributed by atoms with Crippen LogP contribution in [0.4, 0.5) is 0 Å². The fourth-order valence-corrected chi connectivity index (χ4v) is 2.08. The molecule has 1 aromatic carbocycles. The van der Waals surface area contributed by atoms with Crippen LogP contribution in [0.1, 0.15) is 18.1 Å². The maximum Gasteiger partial charge on any atom is 0.307 e. The van der Waals surface area contributed by atoms with E-state index in [0.29, 0.717) is 11.3 Å². The van der Waals surface area contributed by atoms with E-state index in [4.69, 9.17) is 15.3 Å². The minimum Gasteiger partial charge on any atom is -0.496 e. The van der Waals surface area contributed by atoms with E-state index in [-0.39, 0.29) is 6.42 Å². The second-order valence-electron chi connectivity index (χ2n) is 3.97. The summed E-state index contributed by atoms with van der Waals surface area (Å²) in [6, 6.07) is 7.11. The van der Waals surface area contributed by atoms with Crippen LogP contribution >= 0.6 is 0 Å². The Morgan fingerprint density at radius 2 is 2.22 bits per heavy atom. The summed E-state index contributed by atoms with van der Waals surface area (Å²) in [6.07, 6.45) is -0.636. The first kappa shape index (κ1) is 12.4. The number of methoxy groups -OCH3 is 1. The SMILES string of the molecule is COc1ccccc1[C@H]1OC(=O)C[C@@H]1C(=O)NN. The molecule has 2 rings (SSSR count). The third kappa shape index (κ3) is 2.14. The molecule has 1 aliphatic rings. The zero-order valence-electron chi connectivity index (χ0n) is 9.88. The molecule has 2 atom stereocenters. The highest BCUT2D eigenvalue weighted by Crippen LogP contribution is 2.39. The molecule has 0 aromatic heterocycles. The van der Waals surface area contributed by atoms with Gasteiger partial charge in [0, 0.05) is 5.56 Å². The van der Waals surface area contributed by atoms with Gasteiger partial charge in [0.05, 0.1) is 19.4 Å². The number of carbonyl (C=O) groups is 2. The van der Waals surface area contributed by atoms with E-state index in [1.54, 1.807) is 24.3 Å². The van der Waals surface area contributed by atoms with Crippen LogP contribution in [-0.4, -0.2) is 19.0 Å². The van der Waals surface area contributed by atoms with Crippen LogP contribution in [0.5, 0.6) is 5.75 Å². The summed E-state index contributed by atoms with van der Waals surface area (Å²) in [5.41, 5.74) is 2.72. The first-order valence-electron chi connectivity index (χ1n) is 5.50.